The van der Waals surface area contributed by atoms with E-state index in [0.717, 1.165) is 47.2 Å². The number of rotatable bonds is 6. The monoisotopic (exact) mass is 466 g/mol. The number of amides is 1. The van der Waals surface area contributed by atoms with Gasteiger partial charge in [0, 0.05) is 37.6 Å². The van der Waals surface area contributed by atoms with Crippen LogP contribution in [0.2, 0.25) is 0 Å². The molecule has 1 atom stereocenters. The maximum absolute atomic E-state index is 12.9. The molecule has 0 saturated carbocycles. The molecule has 1 aromatic heterocycles. The van der Waals surface area contributed by atoms with Gasteiger partial charge in [0.2, 0.25) is 6.79 Å². The molecule has 7 nitrogen and oxygen atoms in total. The fourth-order valence-corrected chi connectivity index (χ4v) is 5.23. The smallest absolute Gasteiger partial charge is 0.289 e. The normalized spacial score (nSPS) is 16.7. The van der Waals surface area contributed by atoms with E-state index in [9.17, 15) is 9.00 Å². The quantitative estimate of drug-likeness (QED) is 0.553. The average Bonchev–Trinajstić information content (AvgIpc) is 3.48. The van der Waals surface area contributed by atoms with Gasteiger partial charge in [-0.1, -0.05) is 18.2 Å². The highest BCUT2D eigenvalue weighted by Gasteiger charge is 2.25. The van der Waals surface area contributed by atoms with Gasteiger partial charge in [-0.25, -0.2) is 0 Å². The number of piperazine rings is 1. The molecule has 1 amide bonds. The Morgan fingerprint density at radius 1 is 0.970 bits per heavy atom. The third kappa shape index (κ3) is 4.96. The summed E-state index contributed by atoms with van der Waals surface area (Å²) in [6, 6.07) is 17.1. The van der Waals surface area contributed by atoms with Crippen molar-refractivity contribution >= 4 is 16.7 Å². The van der Waals surface area contributed by atoms with E-state index in [1.807, 2.05) is 48.2 Å². The minimum atomic E-state index is -1.22. The number of hydrogen-bond donors (Lipinski definition) is 0. The van der Waals surface area contributed by atoms with Gasteiger partial charge in [-0.15, -0.1) is 0 Å². The summed E-state index contributed by atoms with van der Waals surface area (Å²) in [5, 5.41) is 0. The molecule has 0 bridgehead atoms. The average molecular weight is 467 g/mol. The molecular weight excluding hydrogens is 440 g/mol. The second-order valence-electron chi connectivity index (χ2n) is 8.33. The first-order valence-electron chi connectivity index (χ1n) is 11.0. The predicted octanol–water partition coefficient (Wildman–Crippen LogP) is 3.58. The second kappa shape index (κ2) is 9.41. The zero-order valence-corrected chi connectivity index (χ0v) is 19.3. The van der Waals surface area contributed by atoms with Crippen LogP contribution in [0.5, 0.6) is 11.5 Å². The van der Waals surface area contributed by atoms with Crippen LogP contribution in [0.25, 0.3) is 0 Å². The van der Waals surface area contributed by atoms with Gasteiger partial charge in [0.15, 0.2) is 17.3 Å². The minimum absolute atomic E-state index is 0.120. The first-order valence-corrected chi connectivity index (χ1v) is 12.3. The lowest BCUT2D eigenvalue weighted by atomic mass is 10.1. The molecule has 0 aliphatic carbocycles. The van der Waals surface area contributed by atoms with Crippen molar-refractivity contribution in [2.24, 2.45) is 0 Å². The van der Waals surface area contributed by atoms with Gasteiger partial charge in [0.05, 0.1) is 16.6 Å². The number of aryl methyl sites for hydroxylation is 1. The summed E-state index contributed by atoms with van der Waals surface area (Å²) in [4.78, 5) is 17.8. The lowest BCUT2D eigenvalue weighted by Crippen LogP contribution is -2.48. The highest BCUT2D eigenvalue weighted by molar-refractivity contribution is 7.84. The number of hydrogen-bond acceptors (Lipinski definition) is 6. The van der Waals surface area contributed by atoms with E-state index in [2.05, 4.69) is 11.0 Å². The molecule has 8 heteroatoms. The molecule has 0 radical (unpaired) electrons. The molecule has 33 heavy (non-hydrogen) atoms. The zero-order valence-electron chi connectivity index (χ0n) is 18.5. The largest absolute Gasteiger partial charge is 0.455 e. The fourth-order valence-electron chi connectivity index (χ4n) is 4.10. The highest BCUT2D eigenvalue weighted by atomic mass is 32.2. The predicted molar refractivity (Wildman–Crippen MR) is 124 cm³/mol. The molecule has 0 N–H and O–H groups in total. The number of fused-ring (bicyclic) bond motifs is 1. The van der Waals surface area contributed by atoms with Crippen molar-refractivity contribution in [3.8, 4) is 11.5 Å². The Balaban J connectivity index is 1.14. The molecule has 1 saturated heterocycles. The van der Waals surface area contributed by atoms with Crippen molar-refractivity contribution < 1.29 is 22.9 Å². The number of nitrogens with zero attached hydrogens (tertiary/aromatic N) is 2. The molecule has 0 spiro atoms. The van der Waals surface area contributed by atoms with E-state index >= 15 is 0 Å². The summed E-state index contributed by atoms with van der Waals surface area (Å²) < 4.78 is 29.2. The summed E-state index contributed by atoms with van der Waals surface area (Å²) in [5.41, 5.74) is 2.23. The van der Waals surface area contributed by atoms with Crippen LogP contribution in [0.1, 0.15) is 27.4 Å². The van der Waals surface area contributed by atoms with Crippen molar-refractivity contribution in [1.82, 2.24) is 9.80 Å². The first kappa shape index (κ1) is 21.7. The Morgan fingerprint density at radius 3 is 2.61 bits per heavy atom. The van der Waals surface area contributed by atoms with Crippen molar-refractivity contribution in [1.29, 1.82) is 0 Å². The Bertz CT molecular complexity index is 1180. The van der Waals surface area contributed by atoms with Crippen molar-refractivity contribution in [2.45, 2.75) is 24.1 Å². The lowest BCUT2D eigenvalue weighted by molar-refractivity contribution is 0.0596. The number of carbonyl (C=O) groups excluding carboxylic acids is 1. The molecule has 2 aliphatic heterocycles. The van der Waals surface area contributed by atoms with Crippen LogP contribution < -0.4 is 9.47 Å². The molecule has 2 aliphatic rings. The van der Waals surface area contributed by atoms with Crippen LogP contribution in [-0.2, 0) is 23.1 Å². The molecule has 172 valence electrons. The Kier molecular flexibility index (Phi) is 6.20. The van der Waals surface area contributed by atoms with Gasteiger partial charge in [-0.05, 0) is 54.4 Å². The summed E-state index contributed by atoms with van der Waals surface area (Å²) in [5.74, 6) is 2.56. The highest BCUT2D eigenvalue weighted by Crippen LogP contribution is 2.33. The summed E-state index contributed by atoms with van der Waals surface area (Å²) in [7, 11) is -1.22. The standard InChI is InChI=1S/C25H26N2O5S/c1-18-3-2-4-21(13-18)33(29)16-20-6-8-23(32-20)25(28)27-11-9-26(10-12-27)15-19-5-7-22-24(14-19)31-17-30-22/h2-8,13-14H,9-12,15-17H2,1H3. The number of ether oxygens (including phenoxy) is 2. The van der Waals surface area contributed by atoms with E-state index in [1.165, 1.54) is 0 Å². The summed E-state index contributed by atoms with van der Waals surface area (Å²) in [6.45, 7) is 5.88. The van der Waals surface area contributed by atoms with Gasteiger partial charge < -0.3 is 18.8 Å². The fraction of sp³-hybridized carbons (Fsp3) is 0.320. The van der Waals surface area contributed by atoms with E-state index < -0.39 is 10.8 Å². The molecule has 1 unspecified atom stereocenters. The van der Waals surface area contributed by atoms with Crippen LogP contribution >= 0.6 is 0 Å². The van der Waals surface area contributed by atoms with Crippen molar-refractivity contribution in [3.63, 3.8) is 0 Å². The van der Waals surface area contributed by atoms with Gasteiger partial charge in [0.25, 0.3) is 5.91 Å². The third-order valence-corrected chi connectivity index (χ3v) is 7.23. The maximum atomic E-state index is 12.9. The SMILES string of the molecule is Cc1cccc(S(=O)Cc2ccc(C(=O)N3CCN(Cc4ccc5c(c4)OCO5)CC3)o2)c1. The van der Waals surface area contributed by atoms with Gasteiger partial charge in [-0.3, -0.25) is 13.9 Å². The Hall–Kier alpha value is -3.10. The van der Waals surface area contributed by atoms with E-state index in [4.69, 9.17) is 13.9 Å². The van der Waals surface area contributed by atoms with Gasteiger partial charge in [0.1, 0.15) is 5.76 Å². The van der Waals surface area contributed by atoms with E-state index in [0.29, 0.717) is 24.6 Å². The van der Waals surface area contributed by atoms with Gasteiger partial charge >= 0.3 is 0 Å². The molecular formula is C25H26N2O5S. The molecule has 5 rings (SSSR count). The first-order chi connectivity index (χ1) is 16.0. The van der Waals surface area contributed by atoms with Crippen LogP contribution in [0.4, 0.5) is 0 Å². The van der Waals surface area contributed by atoms with E-state index in [-0.39, 0.29) is 18.5 Å². The summed E-state index contributed by atoms with van der Waals surface area (Å²) >= 11 is 0. The van der Waals surface area contributed by atoms with Crippen LogP contribution in [0.15, 0.2) is 63.9 Å². The zero-order chi connectivity index (χ0) is 22.8. The molecule has 3 aromatic rings. The summed E-state index contributed by atoms with van der Waals surface area (Å²) in [6.07, 6.45) is 0. The second-order valence-corrected chi connectivity index (χ2v) is 9.78. The third-order valence-electron chi connectivity index (χ3n) is 5.90. The molecule has 2 aromatic carbocycles. The van der Waals surface area contributed by atoms with Crippen molar-refractivity contribution in [2.75, 3.05) is 33.0 Å². The van der Waals surface area contributed by atoms with Gasteiger partial charge in [-0.2, -0.15) is 0 Å². The van der Waals surface area contributed by atoms with Crippen LogP contribution in [0, 0.1) is 6.92 Å². The van der Waals surface area contributed by atoms with Crippen LogP contribution in [-0.4, -0.2) is 52.9 Å². The van der Waals surface area contributed by atoms with Crippen molar-refractivity contribution in [3.05, 3.63) is 77.2 Å². The number of benzene rings is 2. The Morgan fingerprint density at radius 2 is 1.79 bits per heavy atom. The van der Waals surface area contributed by atoms with Crippen LogP contribution in [0.3, 0.4) is 0 Å². The molecule has 1 fully saturated rings. The number of furan rings is 1. The van der Waals surface area contributed by atoms with E-state index in [1.54, 1.807) is 12.1 Å². The number of carbonyl (C=O) groups is 1. The lowest BCUT2D eigenvalue weighted by Gasteiger charge is -2.34. The minimum Gasteiger partial charge on any atom is -0.455 e. The topological polar surface area (TPSA) is 72.2 Å². The maximum Gasteiger partial charge on any atom is 0.289 e. The molecule has 3 heterocycles. The Labute approximate surface area is 195 Å².